The average Bonchev–Trinajstić information content (AvgIpc) is 3.11. The number of carbonyl (C=O) groups is 1. The number of ketones is 1. The molecule has 0 spiro atoms. The highest BCUT2D eigenvalue weighted by molar-refractivity contribution is 6.99. The van der Waals surface area contributed by atoms with Crippen LogP contribution in [0.1, 0.15) is 68.1 Å². The lowest BCUT2D eigenvalue weighted by molar-refractivity contribution is 0.0622. The zero-order chi connectivity index (χ0) is 36.1. The third kappa shape index (κ3) is 8.02. The monoisotopic (exact) mass is 692 g/mol. The van der Waals surface area contributed by atoms with Gasteiger partial charge in [0.2, 0.25) is 0 Å². The van der Waals surface area contributed by atoms with Crippen LogP contribution in [0, 0.1) is 11.8 Å². The van der Waals surface area contributed by atoms with E-state index in [1.54, 1.807) is 0 Å². The second-order valence-electron chi connectivity index (χ2n) is 15.0. The van der Waals surface area contributed by atoms with Gasteiger partial charge < -0.3 is 14.9 Å². The third-order valence-corrected chi connectivity index (χ3v) is 14.6. The Balaban J connectivity index is 1.47. The first kappa shape index (κ1) is 35.9. The van der Waals surface area contributed by atoms with Crippen molar-refractivity contribution in [2.75, 3.05) is 12.3 Å². The van der Waals surface area contributed by atoms with Gasteiger partial charge >= 0.3 is 0 Å². The van der Waals surface area contributed by atoms with Crippen LogP contribution in [0.4, 0.5) is 5.69 Å². The fourth-order valence-electron chi connectivity index (χ4n) is 7.17. The van der Waals surface area contributed by atoms with Gasteiger partial charge in [0.25, 0.3) is 8.32 Å². The smallest absolute Gasteiger partial charge is 0.261 e. The van der Waals surface area contributed by atoms with E-state index >= 15 is 0 Å². The maximum absolute atomic E-state index is 13.3. The van der Waals surface area contributed by atoms with Crippen molar-refractivity contribution in [2.24, 2.45) is 0 Å². The van der Waals surface area contributed by atoms with Crippen molar-refractivity contribution in [1.82, 2.24) is 4.90 Å². The van der Waals surface area contributed by atoms with Crippen molar-refractivity contribution in [3.8, 4) is 17.6 Å². The van der Waals surface area contributed by atoms with Crippen LogP contribution in [0.5, 0.6) is 5.75 Å². The van der Waals surface area contributed by atoms with Gasteiger partial charge in [0.15, 0.2) is 5.78 Å². The predicted octanol–water partition coefficient (Wildman–Crippen LogP) is 8.01. The SMILES string of the molecule is CC1(C)CC(=O)c2c(ccc(C#CC(CO[Si](c3ccccc3)(c3ccccc3)C(C)(C)C)N(Cc3ccccc3)Cc3ccccc3)c2N)O1. The standard InChI is InChI=1S/C45H48N2O3Si/c1-44(2,3)51(38-22-14-8-15-23-38,39-24-16-9-17-25-39)49-33-37(47(31-34-18-10-6-11-19-34)32-35-20-12-7-13-21-35)28-26-36-27-29-41-42(43(36)46)40(48)30-45(4,5)50-41/h6-25,27,29,37H,30-33,46H2,1-5H3. The number of nitrogens with zero attached hydrogens (tertiary/aromatic N) is 1. The van der Waals surface area contributed by atoms with Crippen LogP contribution in [0.15, 0.2) is 133 Å². The summed E-state index contributed by atoms with van der Waals surface area (Å²) in [7, 11) is -2.88. The molecule has 1 aliphatic heterocycles. The van der Waals surface area contributed by atoms with Gasteiger partial charge in [-0.1, -0.05) is 154 Å². The molecule has 260 valence electrons. The Hall–Kier alpha value is -4.93. The molecular formula is C45H48N2O3Si. The number of anilines is 1. The van der Waals surface area contributed by atoms with Crippen molar-refractivity contribution in [1.29, 1.82) is 0 Å². The molecule has 0 saturated carbocycles. The Morgan fingerprint density at radius 2 is 1.27 bits per heavy atom. The number of carbonyl (C=O) groups excluding carboxylic acids is 1. The van der Waals surface area contributed by atoms with E-state index in [0.717, 1.165) is 0 Å². The highest BCUT2D eigenvalue weighted by Gasteiger charge is 2.50. The second-order valence-corrected chi connectivity index (χ2v) is 19.3. The molecule has 5 aromatic carbocycles. The summed E-state index contributed by atoms with van der Waals surface area (Å²) in [6, 6.07) is 45.8. The van der Waals surface area contributed by atoms with Gasteiger partial charge in [0, 0.05) is 18.7 Å². The minimum Gasteiger partial charge on any atom is -0.487 e. The number of hydrogen-bond acceptors (Lipinski definition) is 5. The van der Waals surface area contributed by atoms with E-state index in [4.69, 9.17) is 14.9 Å². The molecule has 6 rings (SSSR count). The minimum atomic E-state index is -2.88. The molecule has 0 radical (unpaired) electrons. The number of benzene rings is 5. The van der Waals surface area contributed by atoms with Crippen molar-refractivity contribution in [3.05, 3.63) is 156 Å². The maximum Gasteiger partial charge on any atom is 0.261 e. The van der Waals surface area contributed by atoms with Crippen molar-refractivity contribution in [3.63, 3.8) is 0 Å². The zero-order valence-corrected chi connectivity index (χ0v) is 31.4. The number of fused-ring (bicyclic) bond motifs is 1. The number of hydrogen-bond donors (Lipinski definition) is 1. The van der Waals surface area contributed by atoms with Gasteiger partial charge in [-0.05, 0) is 52.5 Å². The van der Waals surface area contributed by atoms with E-state index < -0.39 is 13.9 Å². The molecule has 5 aromatic rings. The lowest BCUT2D eigenvalue weighted by Gasteiger charge is -2.44. The van der Waals surface area contributed by atoms with E-state index in [2.05, 4.69) is 147 Å². The first-order chi connectivity index (χ1) is 24.5. The van der Waals surface area contributed by atoms with Gasteiger partial charge in [-0.3, -0.25) is 9.69 Å². The molecule has 5 nitrogen and oxygen atoms in total. The molecule has 0 aromatic heterocycles. The van der Waals surface area contributed by atoms with Crippen LogP contribution in [-0.2, 0) is 17.5 Å². The van der Waals surface area contributed by atoms with Gasteiger partial charge in [0.05, 0.1) is 30.3 Å². The predicted molar refractivity (Wildman–Crippen MR) is 211 cm³/mol. The molecule has 1 aliphatic rings. The molecule has 2 N–H and O–H groups in total. The minimum absolute atomic E-state index is 0.0243. The fourth-order valence-corrected chi connectivity index (χ4v) is 11.7. The molecule has 0 aliphatic carbocycles. The van der Waals surface area contributed by atoms with E-state index in [1.807, 2.05) is 38.1 Å². The lowest BCUT2D eigenvalue weighted by atomic mass is 9.91. The van der Waals surface area contributed by atoms with Crippen molar-refractivity contribution in [2.45, 2.75) is 70.8 Å². The molecule has 1 atom stereocenters. The van der Waals surface area contributed by atoms with E-state index in [9.17, 15) is 4.79 Å². The molecule has 0 amide bonds. The summed E-state index contributed by atoms with van der Waals surface area (Å²) in [6.07, 6.45) is 0.262. The lowest BCUT2D eigenvalue weighted by Crippen LogP contribution is -2.67. The van der Waals surface area contributed by atoms with E-state index in [0.29, 0.717) is 42.3 Å². The molecule has 0 fully saturated rings. The molecule has 6 heteroatoms. The zero-order valence-electron chi connectivity index (χ0n) is 30.4. The van der Waals surface area contributed by atoms with Crippen molar-refractivity contribution < 1.29 is 14.0 Å². The van der Waals surface area contributed by atoms with E-state index in [-0.39, 0.29) is 23.3 Å². The summed E-state index contributed by atoms with van der Waals surface area (Å²) in [5, 5.41) is 2.23. The molecule has 51 heavy (non-hydrogen) atoms. The number of Topliss-reactive ketones (excluding diaryl/α,β-unsaturated/α-hetero) is 1. The Kier molecular flexibility index (Phi) is 10.6. The average molecular weight is 693 g/mol. The van der Waals surface area contributed by atoms with Gasteiger partial charge in [-0.25, -0.2) is 0 Å². The van der Waals surface area contributed by atoms with Crippen LogP contribution < -0.4 is 20.8 Å². The Labute approximate surface area is 304 Å². The first-order valence-electron chi connectivity index (χ1n) is 17.7. The molecule has 1 unspecified atom stereocenters. The summed E-state index contributed by atoms with van der Waals surface area (Å²) < 4.78 is 13.7. The number of ether oxygens (including phenoxy) is 1. The summed E-state index contributed by atoms with van der Waals surface area (Å²) in [4.78, 5) is 15.7. The Morgan fingerprint density at radius 1 is 0.784 bits per heavy atom. The van der Waals surface area contributed by atoms with Crippen LogP contribution in [0.2, 0.25) is 5.04 Å². The highest BCUT2D eigenvalue weighted by Crippen LogP contribution is 2.38. The number of rotatable bonds is 10. The fraction of sp³-hybridized carbons (Fsp3) is 0.267. The van der Waals surface area contributed by atoms with E-state index in [1.165, 1.54) is 21.5 Å². The number of nitrogen functional groups attached to an aromatic ring is 1. The Morgan fingerprint density at radius 3 is 1.76 bits per heavy atom. The topological polar surface area (TPSA) is 64.8 Å². The first-order valence-corrected chi connectivity index (χ1v) is 19.6. The summed E-state index contributed by atoms with van der Waals surface area (Å²) >= 11 is 0. The van der Waals surface area contributed by atoms with Gasteiger partial charge in [0.1, 0.15) is 11.4 Å². The third-order valence-electron chi connectivity index (χ3n) is 9.60. The Bertz CT molecular complexity index is 1920. The number of nitrogens with two attached hydrogens (primary N) is 1. The largest absolute Gasteiger partial charge is 0.487 e. The summed E-state index contributed by atoms with van der Waals surface area (Å²) in [6.45, 7) is 12.4. The molecule has 0 saturated heterocycles. The molecular weight excluding hydrogens is 645 g/mol. The molecule has 1 heterocycles. The van der Waals surface area contributed by atoms with Crippen molar-refractivity contribution >= 4 is 30.2 Å². The van der Waals surface area contributed by atoms with Crippen LogP contribution in [0.25, 0.3) is 0 Å². The van der Waals surface area contributed by atoms with Gasteiger partial charge in [-0.15, -0.1) is 0 Å². The van der Waals surface area contributed by atoms with Crippen LogP contribution in [-0.4, -0.2) is 37.3 Å². The van der Waals surface area contributed by atoms with Crippen LogP contribution in [0.3, 0.4) is 0 Å². The normalized spacial score (nSPS) is 14.6. The quantitative estimate of drug-likeness (QED) is 0.0913. The summed E-state index contributed by atoms with van der Waals surface area (Å²) in [5.74, 6) is 7.54. The van der Waals surface area contributed by atoms with Crippen LogP contribution >= 0.6 is 0 Å². The summed E-state index contributed by atoms with van der Waals surface area (Å²) in [5.41, 5.74) is 9.89. The van der Waals surface area contributed by atoms with Gasteiger partial charge in [-0.2, -0.15) is 0 Å². The molecule has 0 bridgehead atoms. The maximum atomic E-state index is 13.3. The second kappa shape index (κ2) is 15.1. The highest BCUT2D eigenvalue weighted by atomic mass is 28.4.